The molecule has 0 aliphatic heterocycles. The van der Waals surface area contributed by atoms with Crippen LogP contribution in [0, 0.1) is 0 Å². The van der Waals surface area contributed by atoms with Crippen LogP contribution in [-0.2, 0) is 11.3 Å². The van der Waals surface area contributed by atoms with E-state index in [0.29, 0.717) is 13.1 Å². The van der Waals surface area contributed by atoms with E-state index < -0.39 is 0 Å². The van der Waals surface area contributed by atoms with Gasteiger partial charge >= 0.3 is 0 Å². The molecule has 0 saturated carbocycles. The summed E-state index contributed by atoms with van der Waals surface area (Å²) in [6.07, 6.45) is 0. The van der Waals surface area contributed by atoms with Crippen LogP contribution < -0.4 is 19.7 Å². The SMILES string of the molecule is COc1ccc(C[NH+](C)CC(=O)N[C@@H](C)c2cccc3ccccc23)c(OC)c1. The molecule has 0 heterocycles. The third-order valence-corrected chi connectivity index (χ3v) is 5.12. The van der Waals surface area contributed by atoms with Gasteiger partial charge in [0, 0.05) is 11.6 Å². The van der Waals surface area contributed by atoms with Gasteiger partial charge in [-0.15, -0.1) is 0 Å². The molecular formula is C24H29N2O3+. The number of amides is 1. The molecule has 0 fully saturated rings. The molecule has 2 N–H and O–H groups in total. The van der Waals surface area contributed by atoms with Crippen molar-refractivity contribution in [2.75, 3.05) is 27.8 Å². The number of carbonyl (C=O) groups excluding carboxylic acids is 1. The summed E-state index contributed by atoms with van der Waals surface area (Å²) in [6.45, 7) is 3.09. The fraction of sp³-hybridized carbons (Fsp3) is 0.292. The molecule has 1 unspecified atom stereocenters. The minimum absolute atomic E-state index is 0.0235. The molecule has 0 aliphatic carbocycles. The minimum Gasteiger partial charge on any atom is -0.497 e. The highest BCUT2D eigenvalue weighted by molar-refractivity contribution is 5.87. The molecule has 1 amide bonds. The zero-order valence-electron chi connectivity index (χ0n) is 17.5. The number of quaternary nitrogens is 1. The van der Waals surface area contributed by atoms with Crippen molar-refractivity contribution in [2.24, 2.45) is 0 Å². The molecular weight excluding hydrogens is 364 g/mol. The van der Waals surface area contributed by atoms with Gasteiger partial charge in [-0.3, -0.25) is 4.79 Å². The lowest BCUT2D eigenvalue weighted by atomic mass is 10.00. The summed E-state index contributed by atoms with van der Waals surface area (Å²) in [7, 11) is 5.28. The number of hydrogen-bond donors (Lipinski definition) is 2. The highest BCUT2D eigenvalue weighted by Gasteiger charge is 2.17. The van der Waals surface area contributed by atoms with Crippen molar-refractivity contribution in [3.8, 4) is 11.5 Å². The molecule has 0 aliphatic rings. The van der Waals surface area contributed by atoms with E-state index in [1.807, 2.05) is 50.4 Å². The van der Waals surface area contributed by atoms with Crippen LogP contribution in [0.2, 0.25) is 0 Å². The Morgan fingerprint density at radius 3 is 2.55 bits per heavy atom. The van der Waals surface area contributed by atoms with Gasteiger partial charge in [-0.05, 0) is 35.4 Å². The molecule has 3 aromatic carbocycles. The maximum absolute atomic E-state index is 12.6. The van der Waals surface area contributed by atoms with E-state index in [9.17, 15) is 4.79 Å². The van der Waals surface area contributed by atoms with Crippen LogP contribution in [-0.4, -0.2) is 33.7 Å². The van der Waals surface area contributed by atoms with E-state index in [1.165, 1.54) is 10.8 Å². The molecule has 3 rings (SSSR count). The second-order valence-electron chi connectivity index (χ2n) is 7.35. The first-order valence-electron chi connectivity index (χ1n) is 9.81. The van der Waals surface area contributed by atoms with E-state index in [2.05, 4.69) is 29.6 Å². The summed E-state index contributed by atoms with van der Waals surface area (Å²) in [5.74, 6) is 1.55. The smallest absolute Gasteiger partial charge is 0.275 e. The number of ether oxygens (including phenoxy) is 2. The Balaban J connectivity index is 1.63. The fourth-order valence-electron chi connectivity index (χ4n) is 3.66. The average Bonchev–Trinajstić information content (AvgIpc) is 2.73. The number of hydrogen-bond acceptors (Lipinski definition) is 3. The second-order valence-corrected chi connectivity index (χ2v) is 7.35. The third-order valence-electron chi connectivity index (χ3n) is 5.12. The lowest BCUT2D eigenvalue weighted by Crippen LogP contribution is -3.08. The van der Waals surface area contributed by atoms with Gasteiger partial charge in [-0.25, -0.2) is 0 Å². The van der Waals surface area contributed by atoms with Gasteiger partial charge in [0.25, 0.3) is 5.91 Å². The van der Waals surface area contributed by atoms with Gasteiger partial charge in [0.15, 0.2) is 6.54 Å². The van der Waals surface area contributed by atoms with Crippen molar-refractivity contribution >= 4 is 16.7 Å². The van der Waals surface area contributed by atoms with E-state index in [0.717, 1.165) is 27.5 Å². The molecule has 0 spiro atoms. The summed E-state index contributed by atoms with van der Waals surface area (Å²) in [6, 6.07) is 20.1. The molecule has 0 aromatic heterocycles. The number of rotatable bonds is 8. The maximum Gasteiger partial charge on any atom is 0.275 e. The van der Waals surface area contributed by atoms with Crippen LogP contribution in [0.3, 0.4) is 0 Å². The van der Waals surface area contributed by atoms with Crippen LogP contribution in [0.25, 0.3) is 10.8 Å². The number of nitrogens with one attached hydrogen (secondary N) is 2. The Kier molecular flexibility index (Phi) is 6.73. The van der Waals surface area contributed by atoms with Gasteiger partial charge < -0.3 is 19.7 Å². The number of benzene rings is 3. The monoisotopic (exact) mass is 393 g/mol. The largest absolute Gasteiger partial charge is 0.497 e. The summed E-state index contributed by atoms with van der Waals surface area (Å²) in [5.41, 5.74) is 2.17. The number of likely N-dealkylation sites (N-methyl/N-ethyl adjacent to an activating group) is 1. The summed E-state index contributed by atoms with van der Waals surface area (Å²) in [4.78, 5) is 13.7. The van der Waals surface area contributed by atoms with E-state index in [-0.39, 0.29) is 11.9 Å². The Morgan fingerprint density at radius 1 is 1.03 bits per heavy atom. The van der Waals surface area contributed by atoms with Crippen LogP contribution in [0.5, 0.6) is 11.5 Å². The quantitative estimate of drug-likeness (QED) is 0.619. The van der Waals surface area contributed by atoms with Crippen LogP contribution >= 0.6 is 0 Å². The number of carbonyl (C=O) groups is 1. The molecule has 0 bridgehead atoms. The van der Waals surface area contributed by atoms with E-state index >= 15 is 0 Å². The van der Waals surface area contributed by atoms with Gasteiger partial charge in [0.1, 0.15) is 18.0 Å². The van der Waals surface area contributed by atoms with Gasteiger partial charge in [-0.1, -0.05) is 42.5 Å². The van der Waals surface area contributed by atoms with Crippen molar-refractivity contribution in [2.45, 2.75) is 19.5 Å². The van der Waals surface area contributed by atoms with E-state index in [4.69, 9.17) is 9.47 Å². The zero-order chi connectivity index (χ0) is 20.8. The Morgan fingerprint density at radius 2 is 1.79 bits per heavy atom. The molecule has 152 valence electrons. The first-order valence-corrected chi connectivity index (χ1v) is 9.81. The highest BCUT2D eigenvalue weighted by atomic mass is 16.5. The van der Waals surface area contributed by atoms with Crippen LogP contribution in [0.1, 0.15) is 24.1 Å². The van der Waals surface area contributed by atoms with Gasteiger partial charge in [-0.2, -0.15) is 0 Å². The van der Waals surface area contributed by atoms with Gasteiger partial charge in [0.05, 0.1) is 27.3 Å². The predicted molar refractivity (Wildman–Crippen MR) is 116 cm³/mol. The van der Waals surface area contributed by atoms with E-state index in [1.54, 1.807) is 14.2 Å². The normalized spacial score (nSPS) is 13.0. The first kappa shape index (κ1) is 20.7. The lowest BCUT2D eigenvalue weighted by molar-refractivity contribution is -0.885. The second kappa shape index (κ2) is 9.43. The Labute approximate surface area is 172 Å². The molecule has 2 atom stereocenters. The van der Waals surface area contributed by atoms with Crippen molar-refractivity contribution in [3.63, 3.8) is 0 Å². The van der Waals surface area contributed by atoms with Crippen molar-refractivity contribution in [1.82, 2.24) is 5.32 Å². The molecule has 0 radical (unpaired) electrons. The van der Waals surface area contributed by atoms with Crippen molar-refractivity contribution < 1.29 is 19.2 Å². The minimum atomic E-state index is -0.0584. The molecule has 0 saturated heterocycles. The zero-order valence-corrected chi connectivity index (χ0v) is 17.5. The standard InChI is InChI=1S/C24H28N2O3/c1-17(21-11-7-9-18-8-5-6-10-22(18)21)25-24(27)16-26(2)15-19-12-13-20(28-3)14-23(19)29-4/h5-14,17H,15-16H2,1-4H3,(H,25,27)/p+1/t17-/m0/s1. The lowest BCUT2D eigenvalue weighted by Gasteiger charge is -2.19. The first-order chi connectivity index (χ1) is 14.0. The van der Waals surface area contributed by atoms with Crippen LogP contribution in [0.4, 0.5) is 0 Å². The summed E-state index contributed by atoms with van der Waals surface area (Å²) < 4.78 is 10.7. The number of methoxy groups -OCH3 is 2. The van der Waals surface area contributed by atoms with Crippen LogP contribution in [0.15, 0.2) is 60.7 Å². The molecule has 5 heteroatoms. The Hall–Kier alpha value is -3.05. The molecule has 5 nitrogen and oxygen atoms in total. The van der Waals surface area contributed by atoms with Gasteiger partial charge in [0.2, 0.25) is 0 Å². The summed E-state index contributed by atoms with van der Waals surface area (Å²) in [5, 5.41) is 5.49. The van der Waals surface area contributed by atoms with Crippen molar-refractivity contribution in [1.29, 1.82) is 0 Å². The highest BCUT2D eigenvalue weighted by Crippen LogP contribution is 2.25. The topological polar surface area (TPSA) is 52.0 Å². The average molecular weight is 394 g/mol. The molecule has 3 aromatic rings. The Bertz CT molecular complexity index is 982. The van der Waals surface area contributed by atoms with Crippen molar-refractivity contribution in [3.05, 3.63) is 71.8 Å². The molecule has 29 heavy (non-hydrogen) atoms. The number of fused-ring (bicyclic) bond motifs is 1. The summed E-state index contributed by atoms with van der Waals surface area (Å²) >= 11 is 0. The third kappa shape index (κ3) is 5.06. The predicted octanol–water partition coefficient (Wildman–Crippen LogP) is 2.75. The fourth-order valence-corrected chi connectivity index (χ4v) is 3.66. The maximum atomic E-state index is 12.6.